The molecule has 0 aromatic heterocycles. The molecule has 0 saturated carbocycles. The molecule has 2 fully saturated rings. The van der Waals surface area contributed by atoms with Crippen molar-refractivity contribution in [3.8, 4) is 0 Å². The molecule has 0 aliphatic carbocycles. The van der Waals surface area contributed by atoms with Crippen molar-refractivity contribution in [3.63, 3.8) is 0 Å². The number of hydrogen-bond donors (Lipinski definition) is 1. The maximum Gasteiger partial charge on any atom is 0.328 e. The maximum absolute atomic E-state index is 10.3. The largest absolute Gasteiger partial charge is 0.478 e. The van der Waals surface area contributed by atoms with Gasteiger partial charge in [-0.1, -0.05) is 6.08 Å². The fourth-order valence-corrected chi connectivity index (χ4v) is 2.15. The molecule has 14 heavy (non-hydrogen) atoms. The number of nitrogens with zero attached hydrogens (tertiary/aromatic N) is 1. The first kappa shape index (κ1) is 9.68. The molecule has 0 spiro atoms. The number of carboxylic acid groups (broad SMARTS) is 1. The van der Waals surface area contributed by atoms with Gasteiger partial charge in [-0.25, -0.2) is 4.79 Å². The third-order valence-electron chi connectivity index (χ3n) is 2.74. The van der Waals surface area contributed by atoms with Crippen LogP contribution in [0.1, 0.15) is 12.8 Å². The lowest BCUT2D eigenvalue weighted by molar-refractivity contribution is -0.131. The van der Waals surface area contributed by atoms with Crippen LogP contribution in [0, 0.1) is 0 Å². The number of hydrogen-bond acceptors (Lipinski definition) is 3. The lowest BCUT2D eigenvalue weighted by Crippen LogP contribution is -2.42. The van der Waals surface area contributed by atoms with Gasteiger partial charge >= 0.3 is 5.97 Å². The van der Waals surface area contributed by atoms with E-state index in [4.69, 9.17) is 9.84 Å². The Morgan fingerprint density at radius 2 is 2.07 bits per heavy atom. The summed E-state index contributed by atoms with van der Waals surface area (Å²) in [6, 6.07) is 0. The predicted octanol–water partition coefficient (Wildman–Crippen LogP) is 0.490. The summed E-state index contributed by atoms with van der Waals surface area (Å²) < 4.78 is 5.67. The second-order valence-corrected chi connectivity index (χ2v) is 3.92. The van der Waals surface area contributed by atoms with Gasteiger partial charge in [-0.3, -0.25) is 4.90 Å². The summed E-state index contributed by atoms with van der Waals surface area (Å²) in [6.45, 7) is 2.61. The number of carboxylic acids is 1. The molecule has 2 rings (SSSR count). The van der Waals surface area contributed by atoms with Crippen LogP contribution in [-0.2, 0) is 9.53 Å². The van der Waals surface area contributed by atoms with Crippen molar-refractivity contribution in [3.05, 3.63) is 12.2 Å². The first-order chi connectivity index (χ1) is 6.74. The van der Waals surface area contributed by atoms with Crippen molar-refractivity contribution >= 4 is 5.97 Å². The molecule has 1 N–H and O–H groups in total. The standard InChI is InChI=1S/C10H15NO3/c12-10(13)2-1-5-11-6-8-3-4-9(7-11)14-8/h1-2,8-9H,3-7H2,(H,12,13). The van der Waals surface area contributed by atoms with Gasteiger partial charge < -0.3 is 9.84 Å². The van der Waals surface area contributed by atoms with Gasteiger partial charge in [0, 0.05) is 25.7 Å². The summed E-state index contributed by atoms with van der Waals surface area (Å²) in [7, 11) is 0. The number of fused-ring (bicyclic) bond motifs is 2. The van der Waals surface area contributed by atoms with Crippen molar-refractivity contribution in [1.82, 2.24) is 4.90 Å². The molecule has 4 heteroatoms. The SMILES string of the molecule is O=C(O)C=CCN1CC2CCC(C1)O2. The minimum Gasteiger partial charge on any atom is -0.478 e. The van der Waals surface area contributed by atoms with E-state index >= 15 is 0 Å². The molecule has 2 heterocycles. The predicted molar refractivity (Wildman–Crippen MR) is 51.1 cm³/mol. The normalized spacial score (nSPS) is 32.6. The molecular weight excluding hydrogens is 182 g/mol. The van der Waals surface area contributed by atoms with E-state index in [1.165, 1.54) is 6.08 Å². The van der Waals surface area contributed by atoms with Gasteiger partial charge in [-0.2, -0.15) is 0 Å². The third kappa shape index (κ3) is 2.33. The third-order valence-corrected chi connectivity index (χ3v) is 2.74. The molecule has 2 aliphatic heterocycles. The highest BCUT2D eigenvalue weighted by atomic mass is 16.5. The molecule has 2 atom stereocenters. The number of rotatable bonds is 3. The zero-order valence-electron chi connectivity index (χ0n) is 8.06. The van der Waals surface area contributed by atoms with Crippen LogP contribution in [-0.4, -0.2) is 47.8 Å². The molecule has 2 saturated heterocycles. The highest BCUT2D eigenvalue weighted by molar-refractivity contribution is 5.79. The van der Waals surface area contributed by atoms with Crippen LogP contribution >= 0.6 is 0 Å². The Balaban J connectivity index is 1.79. The lowest BCUT2D eigenvalue weighted by atomic mass is 10.2. The van der Waals surface area contributed by atoms with Crippen molar-refractivity contribution < 1.29 is 14.6 Å². The number of carbonyl (C=O) groups is 1. The van der Waals surface area contributed by atoms with Crippen molar-refractivity contribution in [2.45, 2.75) is 25.0 Å². The number of aliphatic carboxylic acids is 1. The Bertz CT molecular complexity index is 240. The van der Waals surface area contributed by atoms with Crippen molar-refractivity contribution in [1.29, 1.82) is 0 Å². The Morgan fingerprint density at radius 1 is 1.43 bits per heavy atom. The minimum atomic E-state index is -0.874. The van der Waals surface area contributed by atoms with E-state index in [0.717, 1.165) is 32.5 Å². The molecule has 2 unspecified atom stereocenters. The van der Waals surface area contributed by atoms with Gasteiger partial charge in [0.1, 0.15) is 0 Å². The smallest absolute Gasteiger partial charge is 0.328 e. The van der Waals surface area contributed by atoms with Crippen LogP contribution in [0.4, 0.5) is 0 Å². The monoisotopic (exact) mass is 197 g/mol. The molecule has 78 valence electrons. The summed E-state index contributed by atoms with van der Waals surface area (Å²) >= 11 is 0. The van der Waals surface area contributed by atoms with Gasteiger partial charge in [-0.05, 0) is 12.8 Å². The summed E-state index contributed by atoms with van der Waals surface area (Å²) in [6.07, 6.45) is 5.98. The Kier molecular flexibility index (Phi) is 2.84. The maximum atomic E-state index is 10.3. The lowest BCUT2D eigenvalue weighted by Gasteiger charge is -2.31. The molecule has 0 aromatic carbocycles. The minimum absolute atomic E-state index is 0.381. The number of likely N-dealkylation sites (tertiary alicyclic amines) is 1. The van der Waals surface area contributed by atoms with Crippen LogP contribution < -0.4 is 0 Å². The molecule has 0 aromatic rings. The number of morpholine rings is 1. The molecule has 0 amide bonds. The summed E-state index contributed by atoms with van der Waals surface area (Å²) in [4.78, 5) is 12.5. The van der Waals surface area contributed by atoms with E-state index < -0.39 is 5.97 Å². The molecule has 4 nitrogen and oxygen atoms in total. The van der Waals surface area contributed by atoms with E-state index in [0.29, 0.717) is 12.2 Å². The average molecular weight is 197 g/mol. The van der Waals surface area contributed by atoms with Gasteiger partial charge in [0.25, 0.3) is 0 Å². The van der Waals surface area contributed by atoms with Crippen LogP contribution in [0.15, 0.2) is 12.2 Å². The second kappa shape index (κ2) is 4.11. The Hall–Kier alpha value is -0.870. The van der Waals surface area contributed by atoms with Crippen LogP contribution in [0.25, 0.3) is 0 Å². The second-order valence-electron chi connectivity index (χ2n) is 3.92. The van der Waals surface area contributed by atoms with Gasteiger partial charge in [-0.15, -0.1) is 0 Å². The van der Waals surface area contributed by atoms with E-state index in [9.17, 15) is 4.79 Å². The van der Waals surface area contributed by atoms with E-state index in [-0.39, 0.29) is 0 Å². The zero-order valence-corrected chi connectivity index (χ0v) is 8.06. The van der Waals surface area contributed by atoms with E-state index in [1.54, 1.807) is 6.08 Å². The quantitative estimate of drug-likeness (QED) is 0.669. The van der Waals surface area contributed by atoms with Gasteiger partial charge in [0.15, 0.2) is 0 Å². The Labute approximate surface area is 83.2 Å². The Morgan fingerprint density at radius 3 is 2.64 bits per heavy atom. The first-order valence-electron chi connectivity index (χ1n) is 5.01. The topological polar surface area (TPSA) is 49.8 Å². The molecule has 2 aliphatic rings. The van der Waals surface area contributed by atoms with Gasteiger partial charge in [0.2, 0.25) is 0 Å². The summed E-state index contributed by atoms with van der Waals surface area (Å²) in [5.74, 6) is -0.874. The fraction of sp³-hybridized carbons (Fsp3) is 0.700. The van der Waals surface area contributed by atoms with Crippen molar-refractivity contribution in [2.24, 2.45) is 0 Å². The molecular formula is C10H15NO3. The van der Waals surface area contributed by atoms with Crippen molar-refractivity contribution in [2.75, 3.05) is 19.6 Å². The zero-order chi connectivity index (χ0) is 9.97. The number of ether oxygens (including phenoxy) is 1. The first-order valence-corrected chi connectivity index (χ1v) is 5.01. The highest BCUT2D eigenvalue weighted by Crippen LogP contribution is 2.25. The van der Waals surface area contributed by atoms with Crippen LogP contribution in [0.3, 0.4) is 0 Å². The van der Waals surface area contributed by atoms with Crippen LogP contribution in [0.5, 0.6) is 0 Å². The highest BCUT2D eigenvalue weighted by Gasteiger charge is 2.32. The van der Waals surface area contributed by atoms with Gasteiger partial charge in [0.05, 0.1) is 12.2 Å². The van der Waals surface area contributed by atoms with E-state index in [2.05, 4.69) is 4.90 Å². The van der Waals surface area contributed by atoms with E-state index in [1.807, 2.05) is 0 Å². The average Bonchev–Trinajstić information content (AvgIpc) is 2.45. The molecule has 0 radical (unpaired) electrons. The van der Waals surface area contributed by atoms with Crippen LogP contribution in [0.2, 0.25) is 0 Å². The molecule has 2 bridgehead atoms. The fourth-order valence-electron chi connectivity index (χ4n) is 2.15. The summed E-state index contributed by atoms with van der Waals surface area (Å²) in [5.41, 5.74) is 0. The summed E-state index contributed by atoms with van der Waals surface area (Å²) in [5, 5.41) is 8.43.